The van der Waals surface area contributed by atoms with E-state index in [1.165, 1.54) is 0 Å². The fourth-order valence-electron chi connectivity index (χ4n) is 0.940. The zero-order valence-corrected chi connectivity index (χ0v) is 7.06. The van der Waals surface area contributed by atoms with Gasteiger partial charge >= 0.3 is 5.97 Å². The number of carbonyl (C=O) groups is 1. The Morgan fingerprint density at radius 1 is 1.64 bits per heavy atom. The van der Waals surface area contributed by atoms with Gasteiger partial charge in [-0.05, 0) is 6.92 Å². The second-order valence-corrected chi connectivity index (χ2v) is 2.43. The van der Waals surface area contributed by atoms with Crippen LogP contribution in [-0.4, -0.2) is 36.4 Å². The van der Waals surface area contributed by atoms with E-state index < -0.39 is 12.1 Å². The van der Waals surface area contributed by atoms with Crippen LogP contribution in [0.2, 0.25) is 0 Å². The van der Waals surface area contributed by atoms with E-state index in [9.17, 15) is 4.79 Å². The van der Waals surface area contributed by atoms with Crippen molar-refractivity contribution in [3.05, 3.63) is 0 Å². The molecule has 11 heavy (non-hydrogen) atoms. The van der Waals surface area contributed by atoms with Crippen LogP contribution in [0, 0.1) is 0 Å². The molecule has 1 aliphatic rings. The molecule has 0 saturated carbocycles. The summed E-state index contributed by atoms with van der Waals surface area (Å²) in [5, 5.41) is 11.5. The van der Waals surface area contributed by atoms with Crippen molar-refractivity contribution >= 4 is 18.4 Å². The standard InChI is InChI=1S/C6H11NO3.ClH/c1-4-2-7-3-5(10-4)6(8)9;/h4-5,7H,2-3H2,1H3,(H,8,9);1H/t4-,5-;/m1./s1. The van der Waals surface area contributed by atoms with Crippen LogP contribution < -0.4 is 5.32 Å². The van der Waals surface area contributed by atoms with Crippen molar-refractivity contribution in [1.82, 2.24) is 5.32 Å². The van der Waals surface area contributed by atoms with Crippen LogP contribution in [-0.2, 0) is 9.53 Å². The van der Waals surface area contributed by atoms with Crippen LogP contribution in [0.1, 0.15) is 6.92 Å². The molecule has 0 aliphatic carbocycles. The molecule has 1 aliphatic heterocycles. The van der Waals surface area contributed by atoms with E-state index in [0.717, 1.165) is 6.54 Å². The molecule has 0 aromatic carbocycles. The number of halogens is 1. The molecule has 0 radical (unpaired) electrons. The highest BCUT2D eigenvalue weighted by Gasteiger charge is 2.24. The molecule has 1 rings (SSSR count). The third-order valence-electron chi connectivity index (χ3n) is 1.43. The van der Waals surface area contributed by atoms with Gasteiger partial charge in [0, 0.05) is 13.1 Å². The molecule has 66 valence electrons. The Bertz CT molecular complexity index is 142. The maximum atomic E-state index is 10.3. The van der Waals surface area contributed by atoms with Crippen molar-refractivity contribution < 1.29 is 14.6 Å². The van der Waals surface area contributed by atoms with E-state index in [1.807, 2.05) is 6.92 Å². The van der Waals surface area contributed by atoms with Crippen LogP contribution in [0.3, 0.4) is 0 Å². The fourth-order valence-corrected chi connectivity index (χ4v) is 0.940. The highest BCUT2D eigenvalue weighted by Crippen LogP contribution is 2.02. The molecule has 0 aromatic rings. The summed E-state index contributed by atoms with van der Waals surface area (Å²) < 4.78 is 5.09. The Kier molecular flexibility index (Phi) is 4.40. The van der Waals surface area contributed by atoms with Crippen molar-refractivity contribution in [2.75, 3.05) is 13.1 Å². The lowest BCUT2D eigenvalue weighted by Gasteiger charge is -2.25. The van der Waals surface area contributed by atoms with Crippen LogP contribution in [0.4, 0.5) is 0 Å². The minimum Gasteiger partial charge on any atom is -0.479 e. The van der Waals surface area contributed by atoms with Crippen molar-refractivity contribution in [2.45, 2.75) is 19.1 Å². The third kappa shape index (κ3) is 3.05. The number of hydrogen-bond acceptors (Lipinski definition) is 3. The molecule has 1 heterocycles. The van der Waals surface area contributed by atoms with E-state index in [4.69, 9.17) is 9.84 Å². The highest BCUT2D eigenvalue weighted by atomic mass is 35.5. The van der Waals surface area contributed by atoms with E-state index in [-0.39, 0.29) is 18.5 Å². The first-order chi connectivity index (χ1) is 4.70. The lowest BCUT2D eigenvalue weighted by Crippen LogP contribution is -2.46. The molecule has 0 spiro atoms. The molecule has 0 aromatic heterocycles. The average molecular weight is 182 g/mol. The molecule has 0 unspecified atom stereocenters. The maximum Gasteiger partial charge on any atom is 0.334 e. The quantitative estimate of drug-likeness (QED) is 0.592. The molecule has 4 nitrogen and oxygen atoms in total. The number of aliphatic carboxylic acids is 1. The largest absolute Gasteiger partial charge is 0.479 e. The highest BCUT2D eigenvalue weighted by molar-refractivity contribution is 5.85. The van der Waals surface area contributed by atoms with Gasteiger partial charge in [-0.15, -0.1) is 12.4 Å². The van der Waals surface area contributed by atoms with E-state index in [0.29, 0.717) is 6.54 Å². The fraction of sp³-hybridized carbons (Fsp3) is 0.833. The van der Waals surface area contributed by atoms with Gasteiger partial charge in [0.2, 0.25) is 0 Å². The topological polar surface area (TPSA) is 58.6 Å². The van der Waals surface area contributed by atoms with Crippen LogP contribution in [0.25, 0.3) is 0 Å². The van der Waals surface area contributed by atoms with Crippen molar-refractivity contribution in [2.24, 2.45) is 0 Å². The Labute approximate surface area is 71.3 Å². The first-order valence-electron chi connectivity index (χ1n) is 3.29. The lowest BCUT2D eigenvalue weighted by molar-refractivity contribution is -0.156. The number of carboxylic acid groups (broad SMARTS) is 1. The van der Waals surface area contributed by atoms with Crippen molar-refractivity contribution in [1.29, 1.82) is 0 Å². The Hall–Kier alpha value is -0.320. The smallest absolute Gasteiger partial charge is 0.334 e. The minimum absolute atomic E-state index is 0. The molecule has 0 bridgehead atoms. The molecule has 0 amide bonds. The Morgan fingerprint density at radius 2 is 2.27 bits per heavy atom. The number of ether oxygens (including phenoxy) is 1. The summed E-state index contributed by atoms with van der Waals surface area (Å²) in [6.45, 7) is 3.01. The van der Waals surface area contributed by atoms with Gasteiger partial charge < -0.3 is 15.2 Å². The average Bonchev–Trinajstić information content (AvgIpc) is 1.88. The summed E-state index contributed by atoms with van der Waals surface area (Å²) in [5.74, 6) is -0.890. The van der Waals surface area contributed by atoms with E-state index in [2.05, 4.69) is 5.32 Å². The maximum absolute atomic E-state index is 10.3. The summed E-state index contributed by atoms with van der Waals surface area (Å²) in [7, 11) is 0. The first kappa shape index (κ1) is 10.7. The summed E-state index contributed by atoms with van der Waals surface area (Å²) in [6, 6.07) is 0. The van der Waals surface area contributed by atoms with Gasteiger partial charge in [0.15, 0.2) is 6.10 Å². The third-order valence-corrected chi connectivity index (χ3v) is 1.43. The second kappa shape index (κ2) is 4.54. The zero-order chi connectivity index (χ0) is 7.56. The van der Waals surface area contributed by atoms with Gasteiger partial charge in [-0.25, -0.2) is 4.79 Å². The van der Waals surface area contributed by atoms with Gasteiger partial charge in [-0.2, -0.15) is 0 Å². The second-order valence-electron chi connectivity index (χ2n) is 2.43. The monoisotopic (exact) mass is 181 g/mol. The number of rotatable bonds is 1. The predicted molar refractivity (Wildman–Crippen MR) is 42.1 cm³/mol. The lowest BCUT2D eigenvalue weighted by atomic mass is 10.2. The molecule has 2 N–H and O–H groups in total. The van der Waals surface area contributed by atoms with Gasteiger partial charge in [-0.1, -0.05) is 0 Å². The minimum atomic E-state index is -0.890. The SMILES string of the molecule is C[C@@H]1CNC[C@H](C(=O)O)O1.Cl. The van der Waals surface area contributed by atoms with Gasteiger partial charge in [0.05, 0.1) is 6.10 Å². The van der Waals surface area contributed by atoms with Gasteiger partial charge in [-0.3, -0.25) is 0 Å². The number of hydrogen-bond donors (Lipinski definition) is 2. The van der Waals surface area contributed by atoms with E-state index in [1.54, 1.807) is 0 Å². The first-order valence-corrected chi connectivity index (χ1v) is 3.29. The molecule has 1 fully saturated rings. The molecule has 1 saturated heterocycles. The number of nitrogens with one attached hydrogen (secondary N) is 1. The Balaban J connectivity index is 0.000001000. The number of morpholine rings is 1. The number of carboxylic acids is 1. The van der Waals surface area contributed by atoms with Crippen LogP contribution in [0.5, 0.6) is 0 Å². The molecular formula is C6H12ClNO3. The predicted octanol–water partition coefficient (Wildman–Crippen LogP) is -0.130. The normalized spacial score (nSPS) is 30.6. The Morgan fingerprint density at radius 3 is 2.64 bits per heavy atom. The van der Waals surface area contributed by atoms with E-state index >= 15 is 0 Å². The van der Waals surface area contributed by atoms with Crippen molar-refractivity contribution in [3.8, 4) is 0 Å². The molecule has 2 atom stereocenters. The van der Waals surface area contributed by atoms with Gasteiger partial charge in [0.25, 0.3) is 0 Å². The summed E-state index contributed by atoms with van der Waals surface area (Å²) in [4.78, 5) is 10.3. The van der Waals surface area contributed by atoms with Crippen LogP contribution >= 0.6 is 12.4 Å². The summed E-state index contributed by atoms with van der Waals surface area (Å²) >= 11 is 0. The van der Waals surface area contributed by atoms with Crippen molar-refractivity contribution in [3.63, 3.8) is 0 Å². The summed E-state index contributed by atoms with van der Waals surface area (Å²) in [5.41, 5.74) is 0. The summed E-state index contributed by atoms with van der Waals surface area (Å²) in [6.07, 6.45) is -0.654. The van der Waals surface area contributed by atoms with Crippen LogP contribution in [0.15, 0.2) is 0 Å². The van der Waals surface area contributed by atoms with Gasteiger partial charge in [0.1, 0.15) is 0 Å². The molecular weight excluding hydrogens is 170 g/mol. The zero-order valence-electron chi connectivity index (χ0n) is 6.24. The molecule has 5 heteroatoms.